The van der Waals surface area contributed by atoms with Crippen molar-refractivity contribution in [2.45, 2.75) is 19.4 Å². The van der Waals surface area contributed by atoms with E-state index in [0.29, 0.717) is 25.1 Å². The van der Waals surface area contributed by atoms with Crippen LogP contribution in [0, 0.1) is 6.92 Å². The molecular weight excluding hydrogens is 216 g/mol. The Morgan fingerprint density at radius 2 is 2.29 bits per heavy atom. The Hall–Kier alpha value is -1.39. The second-order valence-corrected chi connectivity index (χ2v) is 4.13. The number of carbonyl (C=O) groups is 1. The van der Waals surface area contributed by atoms with Crippen LogP contribution < -0.4 is 11.1 Å². The fourth-order valence-corrected chi connectivity index (χ4v) is 1.56. The van der Waals surface area contributed by atoms with E-state index in [9.17, 15) is 4.79 Å². The lowest BCUT2D eigenvalue weighted by atomic mass is 10.1. The number of methoxy groups -OCH3 is 1. The van der Waals surface area contributed by atoms with Crippen LogP contribution in [0.3, 0.4) is 0 Å². The molecule has 1 rings (SSSR count). The van der Waals surface area contributed by atoms with Gasteiger partial charge in [-0.15, -0.1) is 0 Å². The molecule has 0 fully saturated rings. The summed E-state index contributed by atoms with van der Waals surface area (Å²) in [7, 11) is 1.62. The lowest BCUT2D eigenvalue weighted by molar-refractivity contribution is 0.0950. The van der Waals surface area contributed by atoms with Gasteiger partial charge < -0.3 is 15.8 Å². The lowest BCUT2D eigenvalue weighted by Crippen LogP contribution is -2.32. The van der Waals surface area contributed by atoms with Crippen molar-refractivity contribution in [1.82, 2.24) is 5.32 Å². The number of amides is 1. The second kappa shape index (κ2) is 7.04. The van der Waals surface area contributed by atoms with Crippen molar-refractivity contribution in [3.63, 3.8) is 0 Å². The summed E-state index contributed by atoms with van der Waals surface area (Å²) in [5, 5.41) is 2.84. The van der Waals surface area contributed by atoms with E-state index in [2.05, 4.69) is 5.32 Å². The van der Waals surface area contributed by atoms with Gasteiger partial charge in [0.2, 0.25) is 0 Å². The molecule has 4 nitrogen and oxygen atoms in total. The molecule has 0 bridgehead atoms. The molecule has 0 heterocycles. The number of nitrogens with one attached hydrogen (secondary N) is 1. The van der Waals surface area contributed by atoms with Gasteiger partial charge >= 0.3 is 0 Å². The summed E-state index contributed by atoms with van der Waals surface area (Å²) in [5.74, 6) is -0.0571. The highest BCUT2D eigenvalue weighted by molar-refractivity contribution is 5.94. The van der Waals surface area contributed by atoms with Gasteiger partial charge in [0.1, 0.15) is 0 Å². The van der Waals surface area contributed by atoms with Crippen LogP contribution in [0.4, 0.5) is 0 Å². The molecule has 1 aromatic carbocycles. The van der Waals surface area contributed by atoms with Crippen molar-refractivity contribution in [2.75, 3.05) is 20.3 Å². The average molecular weight is 236 g/mol. The van der Waals surface area contributed by atoms with E-state index in [4.69, 9.17) is 10.5 Å². The molecule has 0 aliphatic carbocycles. The monoisotopic (exact) mass is 236 g/mol. The number of ether oxygens (including phenoxy) is 1. The second-order valence-electron chi connectivity index (χ2n) is 4.13. The van der Waals surface area contributed by atoms with E-state index in [1.165, 1.54) is 0 Å². The van der Waals surface area contributed by atoms with Crippen molar-refractivity contribution < 1.29 is 9.53 Å². The minimum Gasteiger partial charge on any atom is -0.383 e. The van der Waals surface area contributed by atoms with Gasteiger partial charge in [0.15, 0.2) is 0 Å². The number of nitrogens with two attached hydrogens (primary N) is 1. The Bertz CT molecular complexity index is 366. The van der Waals surface area contributed by atoms with Gasteiger partial charge in [-0.3, -0.25) is 4.79 Å². The molecule has 94 valence electrons. The molecule has 0 aromatic heterocycles. The molecule has 17 heavy (non-hydrogen) atoms. The molecule has 0 spiro atoms. The van der Waals surface area contributed by atoms with Crippen molar-refractivity contribution in [3.8, 4) is 0 Å². The summed E-state index contributed by atoms with van der Waals surface area (Å²) in [6.45, 7) is 3.04. The largest absolute Gasteiger partial charge is 0.383 e. The standard InChI is InChI=1S/C13H20N2O2/c1-10-4-3-5-11(8-10)13(16)15-7-6-12(14)9-17-2/h3-5,8,12H,6-7,9,14H2,1-2H3,(H,15,16). The van der Waals surface area contributed by atoms with E-state index >= 15 is 0 Å². The first-order valence-electron chi connectivity index (χ1n) is 5.73. The highest BCUT2D eigenvalue weighted by atomic mass is 16.5. The van der Waals surface area contributed by atoms with Crippen LogP contribution in [-0.2, 0) is 4.74 Å². The van der Waals surface area contributed by atoms with E-state index in [1.807, 2.05) is 25.1 Å². The van der Waals surface area contributed by atoms with Gasteiger partial charge in [-0.2, -0.15) is 0 Å². The minimum atomic E-state index is -0.0571. The van der Waals surface area contributed by atoms with Crippen molar-refractivity contribution >= 4 is 5.91 Å². The Balaban J connectivity index is 2.35. The number of benzene rings is 1. The van der Waals surface area contributed by atoms with Crippen LogP contribution >= 0.6 is 0 Å². The van der Waals surface area contributed by atoms with Crippen LogP contribution in [0.5, 0.6) is 0 Å². The van der Waals surface area contributed by atoms with Gasteiger partial charge in [0.25, 0.3) is 5.91 Å². The van der Waals surface area contributed by atoms with Gasteiger partial charge in [-0.05, 0) is 25.5 Å². The molecule has 1 atom stereocenters. The van der Waals surface area contributed by atoms with E-state index in [0.717, 1.165) is 5.56 Å². The van der Waals surface area contributed by atoms with E-state index in [-0.39, 0.29) is 11.9 Å². The zero-order valence-electron chi connectivity index (χ0n) is 10.4. The molecule has 1 unspecified atom stereocenters. The van der Waals surface area contributed by atoms with Gasteiger partial charge in [-0.25, -0.2) is 0 Å². The molecule has 0 aliphatic rings. The van der Waals surface area contributed by atoms with Crippen molar-refractivity contribution in [1.29, 1.82) is 0 Å². The van der Waals surface area contributed by atoms with Crippen LogP contribution in [-0.4, -0.2) is 32.2 Å². The topological polar surface area (TPSA) is 64.3 Å². The van der Waals surface area contributed by atoms with Crippen LogP contribution in [0.15, 0.2) is 24.3 Å². The molecule has 0 saturated heterocycles. The van der Waals surface area contributed by atoms with Gasteiger partial charge in [0, 0.05) is 25.3 Å². The fourth-order valence-electron chi connectivity index (χ4n) is 1.56. The third-order valence-electron chi connectivity index (χ3n) is 2.46. The molecule has 1 aromatic rings. The Labute approximate surface area is 102 Å². The Morgan fingerprint density at radius 1 is 1.53 bits per heavy atom. The maximum atomic E-state index is 11.8. The summed E-state index contributed by atoms with van der Waals surface area (Å²) < 4.78 is 4.92. The number of aryl methyl sites for hydroxylation is 1. The maximum Gasteiger partial charge on any atom is 0.251 e. The Kier molecular flexibility index (Phi) is 5.66. The number of rotatable bonds is 6. The van der Waals surface area contributed by atoms with Crippen molar-refractivity contribution in [2.24, 2.45) is 5.73 Å². The van der Waals surface area contributed by atoms with Gasteiger partial charge in [-0.1, -0.05) is 17.7 Å². The SMILES string of the molecule is COCC(N)CCNC(=O)c1cccc(C)c1. The highest BCUT2D eigenvalue weighted by Gasteiger charge is 2.06. The summed E-state index contributed by atoms with van der Waals surface area (Å²) in [6, 6.07) is 7.48. The minimum absolute atomic E-state index is 0.0298. The zero-order chi connectivity index (χ0) is 12.7. The van der Waals surface area contributed by atoms with Gasteiger partial charge in [0.05, 0.1) is 6.61 Å². The fraction of sp³-hybridized carbons (Fsp3) is 0.462. The first kappa shape index (κ1) is 13.7. The smallest absolute Gasteiger partial charge is 0.251 e. The molecular formula is C13H20N2O2. The first-order chi connectivity index (χ1) is 8.13. The summed E-state index contributed by atoms with van der Waals surface area (Å²) in [4.78, 5) is 11.8. The highest BCUT2D eigenvalue weighted by Crippen LogP contribution is 2.03. The first-order valence-corrected chi connectivity index (χ1v) is 5.73. The molecule has 0 radical (unpaired) electrons. The predicted molar refractivity (Wildman–Crippen MR) is 68.0 cm³/mol. The number of carbonyl (C=O) groups excluding carboxylic acids is 1. The third-order valence-corrected chi connectivity index (χ3v) is 2.46. The Morgan fingerprint density at radius 3 is 2.94 bits per heavy atom. The molecule has 0 aliphatic heterocycles. The summed E-state index contributed by atoms with van der Waals surface area (Å²) >= 11 is 0. The molecule has 3 N–H and O–H groups in total. The van der Waals surface area contributed by atoms with E-state index in [1.54, 1.807) is 13.2 Å². The van der Waals surface area contributed by atoms with Crippen LogP contribution in [0.25, 0.3) is 0 Å². The summed E-state index contributed by atoms with van der Waals surface area (Å²) in [6.07, 6.45) is 0.714. The normalized spacial score (nSPS) is 12.2. The number of hydrogen-bond acceptors (Lipinski definition) is 3. The molecule has 1 amide bonds. The van der Waals surface area contributed by atoms with E-state index < -0.39 is 0 Å². The maximum absolute atomic E-state index is 11.8. The molecule has 0 saturated carbocycles. The lowest BCUT2D eigenvalue weighted by Gasteiger charge is -2.11. The zero-order valence-corrected chi connectivity index (χ0v) is 10.4. The number of hydrogen-bond donors (Lipinski definition) is 2. The quantitative estimate of drug-likeness (QED) is 0.777. The predicted octanol–water partition coefficient (Wildman–Crippen LogP) is 1.09. The summed E-state index contributed by atoms with van der Waals surface area (Å²) in [5.41, 5.74) is 7.52. The third kappa shape index (κ3) is 4.97. The van der Waals surface area contributed by atoms with Crippen LogP contribution in [0.1, 0.15) is 22.3 Å². The molecule has 4 heteroatoms. The average Bonchev–Trinajstić information content (AvgIpc) is 2.29. The van der Waals surface area contributed by atoms with Crippen molar-refractivity contribution in [3.05, 3.63) is 35.4 Å². The van der Waals surface area contributed by atoms with Crippen LogP contribution in [0.2, 0.25) is 0 Å².